The molecule has 0 saturated carbocycles. The van der Waals surface area contributed by atoms with Crippen molar-refractivity contribution in [2.45, 2.75) is 13.8 Å². The molecular formula is C9H9Cl2NOS. The summed E-state index contributed by atoms with van der Waals surface area (Å²) >= 11 is 12.7. The Kier molecular flexibility index (Phi) is 4.11. The zero-order valence-electron chi connectivity index (χ0n) is 7.75. The normalized spacial score (nSPS) is 12.2. The van der Waals surface area contributed by atoms with Crippen molar-refractivity contribution >= 4 is 46.9 Å². The molecule has 2 nitrogen and oxygen atoms in total. The number of thiazole rings is 1. The van der Waals surface area contributed by atoms with E-state index in [1.807, 2.05) is 13.8 Å². The van der Waals surface area contributed by atoms with Gasteiger partial charge in [0, 0.05) is 0 Å². The van der Waals surface area contributed by atoms with Crippen LogP contribution in [0.2, 0.25) is 9.62 Å². The van der Waals surface area contributed by atoms with Crippen LogP contribution in [0.1, 0.15) is 18.7 Å². The van der Waals surface area contributed by atoms with E-state index < -0.39 is 0 Å². The number of allylic oxidation sites excluding steroid dienone is 1. The summed E-state index contributed by atoms with van der Waals surface area (Å²) in [6.45, 7) is 3.88. The standard InChI is InChI=1S/C9H9Cl2NOS/c1-5(2)6(4-13)3-7-8(10)12-9(11)14-7/h3-5H,1-2H3. The lowest BCUT2D eigenvalue weighted by Crippen LogP contribution is -1.94. The summed E-state index contributed by atoms with van der Waals surface area (Å²) in [6.07, 6.45) is 2.55. The molecule has 0 bridgehead atoms. The molecule has 0 aliphatic carbocycles. The summed E-state index contributed by atoms with van der Waals surface area (Å²) in [5.74, 6) is 0.171. The van der Waals surface area contributed by atoms with Gasteiger partial charge in [-0.25, -0.2) is 4.98 Å². The Hall–Kier alpha value is -0.380. The molecule has 1 aromatic rings. The molecule has 1 rings (SSSR count). The number of carbonyl (C=O) groups is 1. The van der Waals surface area contributed by atoms with Crippen LogP contribution >= 0.6 is 34.5 Å². The van der Waals surface area contributed by atoms with Crippen molar-refractivity contribution in [1.29, 1.82) is 0 Å². The minimum absolute atomic E-state index is 0.171. The maximum absolute atomic E-state index is 10.7. The fourth-order valence-corrected chi connectivity index (χ4v) is 2.19. The Balaban J connectivity index is 3.05. The number of aldehydes is 1. The zero-order chi connectivity index (χ0) is 10.7. The monoisotopic (exact) mass is 249 g/mol. The molecule has 0 amide bonds. The number of nitrogens with zero attached hydrogens (tertiary/aromatic N) is 1. The van der Waals surface area contributed by atoms with Crippen molar-refractivity contribution in [2.75, 3.05) is 0 Å². The number of carbonyl (C=O) groups excluding carboxylic acids is 1. The average molecular weight is 250 g/mol. The highest BCUT2D eigenvalue weighted by molar-refractivity contribution is 7.17. The highest BCUT2D eigenvalue weighted by atomic mass is 35.5. The molecule has 0 atom stereocenters. The maximum atomic E-state index is 10.7. The molecule has 0 aliphatic heterocycles. The SMILES string of the molecule is CC(C)C(C=O)=Cc1sc(Cl)nc1Cl. The molecular weight excluding hydrogens is 241 g/mol. The summed E-state index contributed by atoms with van der Waals surface area (Å²) < 4.78 is 0.384. The number of halogens is 2. The molecule has 0 spiro atoms. The van der Waals surface area contributed by atoms with Crippen LogP contribution in [0.15, 0.2) is 5.57 Å². The van der Waals surface area contributed by atoms with E-state index >= 15 is 0 Å². The first-order valence-electron chi connectivity index (χ1n) is 4.03. The first kappa shape index (κ1) is 11.7. The van der Waals surface area contributed by atoms with Gasteiger partial charge in [-0.15, -0.1) is 11.3 Å². The van der Waals surface area contributed by atoms with Gasteiger partial charge in [-0.05, 0) is 17.6 Å². The van der Waals surface area contributed by atoms with Crippen molar-refractivity contribution < 1.29 is 4.79 Å². The van der Waals surface area contributed by atoms with Gasteiger partial charge in [0.25, 0.3) is 0 Å². The van der Waals surface area contributed by atoms with Crippen LogP contribution < -0.4 is 0 Å². The van der Waals surface area contributed by atoms with Crippen LogP contribution in [0.3, 0.4) is 0 Å². The topological polar surface area (TPSA) is 30.0 Å². The lowest BCUT2D eigenvalue weighted by atomic mass is 10.0. The zero-order valence-corrected chi connectivity index (χ0v) is 10.1. The first-order valence-corrected chi connectivity index (χ1v) is 5.60. The van der Waals surface area contributed by atoms with E-state index in [1.165, 1.54) is 11.3 Å². The molecule has 0 radical (unpaired) electrons. The van der Waals surface area contributed by atoms with Gasteiger partial charge in [0.2, 0.25) is 0 Å². The molecule has 76 valence electrons. The third-order valence-corrected chi connectivity index (χ3v) is 3.19. The molecule has 1 aromatic heterocycles. The van der Waals surface area contributed by atoms with Gasteiger partial charge in [-0.3, -0.25) is 4.79 Å². The van der Waals surface area contributed by atoms with Crippen LogP contribution in [0.25, 0.3) is 6.08 Å². The Morgan fingerprint density at radius 3 is 2.50 bits per heavy atom. The third kappa shape index (κ3) is 2.80. The second-order valence-electron chi connectivity index (χ2n) is 3.04. The van der Waals surface area contributed by atoms with Crippen LogP contribution in [0, 0.1) is 5.92 Å². The third-order valence-electron chi connectivity index (χ3n) is 1.68. The fourth-order valence-electron chi connectivity index (χ4n) is 0.865. The number of aromatic nitrogens is 1. The molecule has 5 heteroatoms. The Labute approximate surface area is 96.6 Å². The molecule has 0 aliphatic rings. The van der Waals surface area contributed by atoms with Gasteiger partial charge in [0.1, 0.15) is 11.4 Å². The van der Waals surface area contributed by atoms with Crippen molar-refractivity contribution in [3.8, 4) is 0 Å². The van der Waals surface area contributed by atoms with Gasteiger partial charge >= 0.3 is 0 Å². The van der Waals surface area contributed by atoms with Crippen molar-refractivity contribution in [3.63, 3.8) is 0 Å². The second-order valence-corrected chi connectivity index (χ2v) is 5.01. The number of hydrogen-bond donors (Lipinski definition) is 0. The first-order chi connectivity index (χ1) is 6.54. The molecule has 14 heavy (non-hydrogen) atoms. The molecule has 0 aromatic carbocycles. The Morgan fingerprint density at radius 1 is 1.50 bits per heavy atom. The van der Waals surface area contributed by atoms with Crippen LogP contribution in [0.4, 0.5) is 0 Å². The van der Waals surface area contributed by atoms with Gasteiger partial charge < -0.3 is 0 Å². The maximum Gasteiger partial charge on any atom is 0.185 e. The smallest absolute Gasteiger partial charge is 0.185 e. The average Bonchev–Trinajstić information content (AvgIpc) is 2.40. The molecule has 1 heterocycles. The Bertz CT molecular complexity index is 371. The minimum atomic E-state index is 0.171. The molecule has 0 N–H and O–H groups in total. The lowest BCUT2D eigenvalue weighted by molar-refractivity contribution is -0.105. The minimum Gasteiger partial charge on any atom is -0.298 e. The predicted octanol–water partition coefficient (Wildman–Crippen LogP) is 3.69. The van der Waals surface area contributed by atoms with Crippen LogP contribution in [-0.2, 0) is 4.79 Å². The van der Waals surface area contributed by atoms with E-state index in [9.17, 15) is 4.79 Å². The quantitative estimate of drug-likeness (QED) is 0.604. The van der Waals surface area contributed by atoms with Gasteiger partial charge in [0.05, 0.1) is 4.88 Å². The predicted molar refractivity (Wildman–Crippen MR) is 61.0 cm³/mol. The summed E-state index contributed by atoms with van der Waals surface area (Å²) in [4.78, 5) is 15.3. The second kappa shape index (κ2) is 4.91. The number of hydrogen-bond acceptors (Lipinski definition) is 3. The highest BCUT2D eigenvalue weighted by Gasteiger charge is 2.08. The van der Waals surface area contributed by atoms with E-state index in [-0.39, 0.29) is 5.92 Å². The summed E-state index contributed by atoms with van der Waals surface area (Å²) in [5.41, 5.74) is 0.687. The van der Waals surface area contributed by atoms with Gasteiger partial charge in [0.15, 0.2) is 4.47 Å². The van der Waals surface area contributed by atoms with Crippen molar-refractivity contribution in [1.82, 2.24) is 4.98 Å². The molecule has 0 saturated heterocycles. The summed E-state index contributed by atoms with van der Waals surface area (Å²) in [6, 6.07) is 0. The van der Waals surface area contributed by atoms with E-state index in [0.717, 1.165) is 11.2 Å². The van der Waals surface area contributed by atoms with Crippen molar-refractivity contribution in [2.24, 2.45) is 5.92 Å². The van der Waals surface area contributed by atoms with Crippen LogP contribution in [-0.4, -0.2) is 11.3 Å². The largest absolute Gasteiger partial charge is 0.298 e. The summed E-state index contributed by atoms with van der Waals surface area (Å²) in [5, 5.41) is 0.347. The lowest BCUT2D eigenvalue weighted by Gasteiger charge is -2.01. The van der Waals surface area contributed by atoms with E-state index in [4.69, 9.17) is 23.2 Å². The van der Waals surface area contributed by atoms with Gasteiger partial charge in [-0.1, -0.05) is 37.0 Å². The number of rotatable bonds is 3. The van der Waals surface area contributed by atoms with E-state index in [1.54, 1.807) is 6.08 Å². The molecule has 0 unspecified atom stereocenters. The summed E-state index contributed by atoms with van der Waals surface area (Å²) in [7, 11) is 0. The van der Waals surface area contributed by atoms with E-state index in [2.05, 4.69) is 4.98 Å². The van der Waals surface area contributed by atoms with Gasteiger partial charge in [-0.2, -0.15) is 0 Å². The van der Waals surface area contributed by atoms with Crippen LogP contribution in [0.5, 0.6) is 0 Å². The highest BCUT2D eigenvalue weighted by Crippen LogP contribution is 2.29. The van der Waals surface area contributed by atoms with E-state index in [0.29, 0.717) is 15.2 Å². The van der Waals surface area contributed by atoms with Crippen molar-refractivity contribution in [3.05, 3.63) is 20.1 Å². The molecule has 0 fully saturated rings. The fraction of sp³-hybridized carbons (Fsp3) is 0.333. The Morgan fingerprint density at radius 2 is 2.14 bits per heavy atom.